The molecular weight excluding hydrogens is 953 g/mol. The van der Waals surface area contributed by atoms with E-state index in [2.05, 4.69) is 297 Å². The van der Waals surface area contributed by atoms with Crippen molar-refractivity contribution in [3.63, 3.8) is 0 Å². The van der Waals surface area contributed by atoms with Gasteiger partial charge in [0.05, 0.1) is 16.8 Å². The van der Waals surface area contributed by atoms with Crippen LogP contribution in [0.2, 0.25) is 0 Å². The van der Waals surface area contributed by atoms with Crippen LogP contribution < -0.4 is 0 Å². The molecule has 2 nitrogen and oxygen atoms in total. The molecule has 0 unspecified atom stereocenters. The van der Waals surface area contributed by atoms with E-state index in [4.69, 9.17) is 9.97 Å². The second-order valence-corrected chi connectivity index (χ2v) is 20.4. The summed E-state index contributed by atoms with van der Waals surface area (Å²) < 4.78 is 0. The van der Waals surface area contributed by atoms with E-state index in [9.17, 15) is 0 Å². The first-order chi connectivity index (χ1) is 39.2. The highest BCUT2D eigenvalue weighted by atomic mass is 14.9. The smallest absolute Gasteiger partial charge is 0.160 e. The lowest BCUT2D eigenvalue weighted by atomic mass is 9.67. The number of aromatic nitrogens is 2. The van der Waals surface area contributed by atoms with Crippen LogP contribution in [0.15, 0.2) is 315 Å². The first-order valence-electron chi connectivity index (χ1n) is 27.1. The molecular formula is C77H52N2. The van der Waals surface area contributed by atoms with Crippen molar-refractivity contribution in [3.8, 4) is 112 Å². The van der Waals surface area contributed by atoms with Gasteiger partial charge < -0.3 is 0 Å². The Bertz CT molecular complexity index is 4250. The number of hydrogen-bond donors (Lipinski definition) is 0. The lowest BCUT2D eigenvalue weighted by Crippen LogP contribution is -2.28. The number of hydrogen-bond acceptors (Lipinski definition) is 2. The van der Waals surface area contributed by atoms with Gasteiger partial charge in [0, 0.05) is 16.7 Å². The van der Waals surface area contributed by atoms with Crippen LogP contribution >= 0.6 is 0 Å². The summed E-state index contributed by atoms with van der Waals surface area (Å²) in [4.78, 5) is 10.4. The molecule has 370 valence electrons. The van der Waals surface area contributed by atoms with Gasteiger partial charge in [-0.3, -0.25) is 0 Å². The van der Waals surface area contributed by atoms with Gasteiger partial charge in [0.25, 0.3) is 0 Å². The van der Waals surface area contributed by atoms with E-state index in [1.54, 1.807) is 0 Å². The molecule has 2 heteroatoms. The molecule has 0 saturated carbocycles. The Kier molecular flexibility index (Phi) is 12.2. The Balaban J connectivity index is 0.888. The Morgan fingerprint density at radius 3 is 1.20 bits per heavy atom. The normalized spacial score (nSPS) is 12.2. The zero-order valence-corrected chi connectivity index (χ0v) is 43.4. The quantitative estimate of drug-likeness (QED) is 0.129. The lowest BCUT2D eigenvalue weighted by molar-refractivity contribution is 0.768. The highest BCUT2D eigenvalue weighted by Crippen LogP contribution is 2.57. The molecule has 0 radical (unpaired) electrons. The fourth-order valence-corrected chi connectivity index (χ4v) is 12.1. The minimum absolute atomic E-state index is 0.480. The predicted octanol–water partition coefficient (Wildman–Crippen LogP) is 19.8. The number of benzene rings is 12. The van der Waals surface area contributed by atoms with E-state index >= 15 is 0 Å². The summed E-state index contributed by atoms with van der Waals surface area (Å²) in [7, 11) is 0. The highest BCUT2D eigenvalue weighted by Gasteiger charge is 2.46. The number of fused-ring (bicyclic) bond motifs is 3. The fourth-order valence-electron chi connectivity index (χ4n) is 12.1. The SMILES string of the molecule is c1ccc(-c2ccc(-c3cc(-c4cccc(-c5ccc(-c6cc(-c7ccccc7)cc(-c7ccc8c(c7)-c7ccccc7C8(c7ccccc7)c7ccccc7)c6-c6ccccc6)cc5)c4)nc(-c4ccccc4)n3)cc2)cc1. The maximum absolute atomic E-state index is 5.21. The van der Waals surface area contributed by atoms with Gasteiger partial charge in [-0.15, -0.1) is 0 Å². The van der Waals surface area contributed by atoms with Crippen molar-refractivity contribution in [1.29, 1.82) is 0 Å². The molecule has 14 rings (SSSR count). The molecule has 12 aromatic carbocycles. The van der Waals surface area contributed by atoms with E-state index in [1.165, 1.54) is 77.9 Å². The molecule has 0 N–H and O–H groups in total. The Morgan fingerprint density at radius 2 is 0.595 bits per heavy atom. The van der Waals surface area contributed by atoms with Crippen LogP contribution in [0.25, 0.3) is 112 Å². The van der Waals surface area contributed by atoms with Gasteiger partial charge in [-0.1, -0.05) is 285 Å². The second kappa shape index (κ2) is 20.3. The minimum Gasteiger partial charge on any atom is -0.228 e. The summed E-state index contributed by atoms with van der Waals surface area (Å²) in [6.07, 6.45) is 0. The van der Waals surface area contributed by atoms with Crippen molar-refractivity contribution < 1.29 is 0 Å². The molecule has 13 aromatic rings. The van der Waals surface area contributed by atoms with Crippen molar-refractivity contribution in [2.45, 2.75) is 5.41 Å². The van der Waals surface area contributed by atoms with Gasteiger partial charge in [0.1, 0.15) is 0 Å². The fraction of sp³-hybridized carbons (Fsp3) is 0.0130. The van der Waals surface area contributed by atoms with E-state index in [0.29, 0.717) is 5.82 Å². The Labute approximate surface area is 462 Å². The average molecular weight is 1010 g/mol. The second-order valence-electron chi connectivity index (χ2n) is 20.4. The van der Waals surface area contributed by atoms with Crippen molar-refractivity contribution in [3.05, 3.63) is 338 Å². The first-order valence-corrected chi connectivity index (χ1v) is 27.1. The van der Waals surface area contributed by atoms with Gasteiger partial charge in [0.15, 0.2) is 5.82 Å². The summed E-state index contributed by atoms with van der Waals surface area (Å²) in [5.74, 6) is 0.693. The maximum atomic E-state index is 5.21. The lowest BCUT2D eigenvalue weighted by Gasteiger charge is -2.34. The summed E-state index contributed by atoms with van der Waals surface area (Å²) in [6.45, 7) is 0. The first kappa shape index (κ1) is 47.2. The van der Waals surface area contributed by atoms with E-state index < -0.39 is 5.41 Å². The van der Waals surface area contributed by atoms with Crippen LogP contribution in [0.5, 0.6) is 0 Å². The van der Waals surface area contributed by atoms with E-state index in [0.717, 1.165) is 50.3 Å². The highest BCUT2D eigenvalue weighted by molar-refractivity contribution is 6.00. The minimum atomic E-state index is -0.480. The van der Waals surface area contributed by atoms with Crippen molar-refractivity contribution in [2.24, 2.45) is 0 Å². The van der Waals surface area contributed by atoms with Crippen molar-refractivity contribution >= 4 is 0 Å². The average Bonchev–Trinajstić information content (AvgIpc) is 4.00. The summed E-state index contributed by atoms with van der Waals surface area (Å²) in [5, 5.41) is 0. The molecule has 0 fully saturated rings. The number of nitrogens with zero attached hydrogens (tertiary/aromatic N) is 2. The monoisotopic (exact) mass is 1000 g/mol. The van der Waals surface area contributed by atoms with Crippen LogP contribution in [0.1, 0.15) is 22.3 Å². The molecule has 0 atom stereocenters. The standard InChI is InChI=1S/C77H52N2/c1-7-22-53(23-8-1)55-40-44-58(45-41-55)73-52-74(79-76(78-73)60-28-13-4-14-29-60)63-31-21-30-61(48-63)56-38-42-57(43-39-56)68-50-64(54-24-9-2-10-25-54)51-69(75(68)59-26-11-3-12-27-59)62-46-47-72-70(49-62)67-36-19-20-37-71(67)77(72,65-32-15-5-16-33-65)66-34-17-6-18-35-66/h1-52H. The molecule has 79 heavy (non-hydrogen) atoms. The third-order valence-electron chi connectivity index (χ3n) is 15.8. The predicted molar refractivity (Wildman–Crippen MR) is 328 cm³/mol. The van der Waals surface area contributed by atoms with Crippen LogP contribution in [-0.2, 0) is 5.41 Å². The van der Waals surface area contributed by atoms with Gasteiger partial charge in [0.2, 0.25) is 0 Å². The summed E-state index contributed by atoms with van der Waals surface area (Å²) in [5.41, 5.74) is 25.9. The van der Waals surface area contributed by atoms with Crippen LogP contribution in [-0.4, -0.2) is 9.97 Å². The van der Waals surface area contributed by atoms with Gasteiger partial charge in [-0.05, 0) is 130 Å². The van der Waals surface area contributed by atoms with Gasteiger partial charge >= 0.3 is 0 Å². The molecule has 0 spiro atoms. The van der Waals surface area contributed by atoms with Crippen molar-refractivity contribution in [1.82, 2.24) is 9.97 Å². The topological polar surface area (TPSA) is 25.8 Å². The Morgan fingerprint density at radius 1 is 0.203 bits per heavy atom. The third kappa shape index (κ3) is 8.67. The summed E-state index contributed by atoms with van der Waals surface area (Å²) in [6, 6.07) is 114. The van der Waals surface area contributed by atoms with Crippen LogP contribution in [0.4, 0.5) is 0 Å². The van der Waals surface area contributed by atoms with E-state index in [-0.39, 0.29) is 0 Å². The van der Waals surface area contributed by atoms with Gasteiger partial charge in [-0.2, -0.15) is 0 Å². The van der Waals surface area contributed by atoms with Crippen molar-refractivity contribution in [2.75, 3.05) is 0 Å². The molecule has 0 saturated heterocycles. The summed E-state index contributed by atoms with van der Waals surface area (Å²) >= 11 is 0. The van der Waals surface area contributed by atoms with Crippen LogP contribution in [0.3, 0.4) is 0 Å². The molecule has 0 aliphatic heterocycles. The molecule has 0 bridgehead atoms. The Hall–Kier alpha value is -10.3. The molecule has 0 amide bonds. The van der Waals surface area contributed by atoms with Gasteiger partial charge in [-0.25, -0.2) is 9.97 Å². The molecule has 1 aliphatic rings. The number of rotatable bonds is 11. The van der Waals surface area contributed by atoms with Crippen LogP contribution in [0, 0.1) is 0 Å². The zero-order valence-electron chi connectivity index (χ0n) is 43.4. The zero-order chi connectivity index (χ0) is 52.5. The maximum Gasteiger partial charge on any atom is 0.160 e. The molecule has 1 aromatic heterocycles. The van der Waals surface area contributed by atoms with E-state index in [1.807, 2.05) is 18.2 Å². The third-order valence-corrected chi connectivity index (χ3v) is 15.8. The largest absolute Gasteiger partial charge is 0.228 e. The molecule has 1 aliphatic carbocycles. The molecule has 1 heterocycles.